The first-order valence-electron chi connectivity index (χ1n) is 25.6. The van der Waals surface area contributed by atoms with E-state index in [0.717, 1.165) is 89.9 Å². The zero-order valence-corrected chi connectivity index (χ0v) is 42.6. The van der Waals surface area contributed by atoms with Crippen LogP contribution in [0.1, 0.15) is 194 Å². The van der Waals surface area contributed by atoms with Crippen LogP contribution in [-0.4, -0.2) is 73.4 Å². The maximum Gasteiger partial charge on any atom is 0.472 e. The molecule has 0 aliphatic heterocycles. The number of aliphatic hydroxyl groups excluding tert-OH is 1. The van der Waals surface area contributed by atoms with E-state index < -0.39 is 20.0 Å². The number of hydrogen-bond donors (Lipinski definition) is 3. The summed E-state index contributed by atoms with van der Waals surface area (Å²) < 4.78 is 23.6. The molecule has 8 nitrogen and oxygen atoms in total. The second kappa shape index (κ2) is 45.6. The Morgan fingerprint density at radius 2 is 0.953 bits per heavy atom. The van der Waals surface area contributed by atoms with Crippen molar-refractivity contribution in [1.29, 1.82) is 0 Å². The molecule has 0 radical (unpaired) electrons. The molecular formula is C55H98N2O6P+. The molecule has 0 aliphatic carbocycles. The standard InChI is InChI=1S/C55H97N2O6P/c1-6-8-10-12-14-16-18-20-22-23-24-25-26-27-28-29-30-31-32-33-35-37-39-41-43-45-47-49-55(59)56-53(52-63-64(60,61)62-51-50-57(3,4)5)54(58)48-46-44-42-40-38-36-34-21-19-17-15-13-11-9-7-2/h8,10,14,16,20,22,24-25,27-28,30-31,38,40,46,48,53-54,58H,6-7,9,11-13,15,17-19,21,23,26,29,32-37,39,41-45,47,49-52H2,1-5H3,(H-,56,59,60,61)/p+1/b10-8-,16-14-,22-20-,25-24-,28-27-,31-30-,40-38+,48-46+. The largest absolute Gasteiger partial charge is 0.472 e. The number of nitrogens with one attached hydrogen (secondary N) is 1. The van der Waals surface area contributed by atoms with Gasteiger partial charge in [0.2, 0.25) is 5.91 Å². The topological polar surface area (TPSA) is 105 Å². The molecule has 0 aliphatic rings. The lowest BCUT2D eigenvalue weighted by atomic mass is 10.1. The molecule has 0 heterocycles. The van der Waals surface area contributed by atoms with E-state index in [1.54, 1.807) is 6.08 Å². The molecule has 0 aromatic carbocycles. The second-order valence-corrected chi connectivity index (χ2v) is 19.6. The minimum Gasteiger partial charge on any atom is -0.387 e. The molecule has 0 rings (SSSR count). The monoisotopic (exact) mass is 914 g/mol. The van der Waals surface area contributed by atoms with Crippen LogP contribution >= 0.6 is 7.82 Å². The van der Waals surface area contributed by atoms with E-state index in [1.165, 1.54) is 83.5 Å². The van der Waals surface area contributed by atoms with Gasteiger partial charge in [-0.05, 0) is 83.5 Å². The predicted octanol–water partition coefficient (Wildman–Crippen LogP) is 15.1. The number of allylic oxidation sites excluding steroid dienone is 15. The normalized spacial score (nSPS) is 14.9. The summed E-state index contributed by atoms with van der Waals surface area (Å²) in [6.45, 7) is 4.65. The number of phosphoric acid groups is 1. The molecule has 0 saturated heterocycles. The van der Waals surface area contributed by atoms with Gasteiger partial charge in [-0.1, -0.05) is 201 Å². The smallest absolute Gasteiger partial charge is 0.387 e. The summed E-state index contributed by atoms with van der Waals surface area (Å²) in [6, 6.07) is -0.874. The molecule has 3 atom stereocenters. The van der Waals surface area contributed by atoms with E-state index in [4.69, 9.17) is 9.05 Å². The first kappa shape index (κ1) is 61.4. The third kappa shape index (κ3) is 47.4. The molecule has 3 N–H and O–H groups in total. The van der Waals surface area contributed by atoms with Crippen LogP contribution < -0.4 is 5.32 Å². The average Bonchev–Trinajstić information content (AvgIpc) is 3.25. The van der Waals surface area contributed by atoms with Crippen molar-refractivity contribution in [1.82, 2.24) is 5.32 Å². The van der Waals surface area contributed by atoms with Gasteiger partial charge in [0.15, 0.2) is 0 Å². The summed E-state index contributed by atoms with van der Waals surface area (Å²) in [5.74, 6) is -0.200. The Bertz CT molecular complexity index is 1360. The first-order chi connectivity index (χ1) is 31.0. The van der Waals surface area contributed by atoms with Gasteiger partial charge in [0.1, 0.15) is 13.2 Å². The highest BCUT2D eigenvalue weighted by Gasteiger charge is 2.27. The molecule has 1 amide bonds. The van der Waals surface area contributed by atoms with Gasteiger partial charge in [0.05, 0.1) is 39.9 Å². The quantitative estimate of drug-likeness (QED) is 0.0243. The Morgan fingerprint density at radius 1 is 0.547 bits per heavy atom. The van der Waals surface area contributed by atoms with Gasteiger partial charge in [-0.3, -0.25) is 13.8 Å². The fourth-order valence-electron chi connectivity index (χ4n) is 6.77. The molecule has 0 saturated carbocycles. The van der Waals surface area contributed by atoms with E-state index in [9.17, 15) is 19.4 Å². The van der Waals surface area contributed by atoms with Gasteiger partial charge >= 0.3 is 7.82 Å². The summed E-state index contributed by atoms with van der Waals surface area (Å²) in [4.78, 5) is 23.2. The summed E-state index contributed by atoms with van der Waals surface area (Å²) in [7, 11) is 1.53. The van der Waals surface area contributed by atoms with Crippen molar-refractivity contribution >= 4 is 13.7 Å². The van der Waals surface area contributed by atoms with E-state index in [2.05, 4.69) is 104 Å². The Hall–Kier alpha value is -2.58. The second-order valence-electron chi connectivity index (χ2n) is 18.2. The van der Waals surface area contributed by atoms with Crippen LogP contribution in [0.4, 0.5) is 0 Å². The first-order valence-corrected chi connectivity index (χ1v) is 27.1. The maximum atomic E-state index is 12.9. The van der Waals surface area contributed by atoms with Crippen molar-refractivity contribution in [3.63, 3.8) is 0 Å². The number of carbonyl (C=O) groups is 1. The molecule has 0 aromatic heterocycles. The molecule has 9 heteroatoms. The molecule has 0 bridgehead atoms. The zero-order chi connectivity index (χ0) is 47.1. The fraction of sp³-hybridized carbons (Fsp3) is 0.691. The number of likely N-dealkylation sites (N-methyl/N-ethyl adjacent to an activating group) is 1. The van der Waals surface area contributed by atoms with Gasteiger partial charge in [0.25, 0.3) is 0 Å². The number of nitrogens with zero attached hydrogens (tertiary/aromatic N) is 1. The van der Waals surface area contributed by atoms with Gasteiger partial charge in [-0.25, -0.2) is 4.57 Å². The van der Waals surface area contributed by atoms with Crippen LogP contribution in [0.2, 0.25) is 0 Å². The Morgan fingerprint density at radius 3 is 1.44 bits per heavy atom. The maximum absolute atomic E-state index is 12.9. The number of hydrogen-bond acceptors (Lipinski definition) is 5. The highest BCUT2D eigenvalue weighted by Crippen LogP contribution is 2.43. The van der Waals surface area contributed by atoms with Crippen LogP contribution in [-0.2, 0) is 18.4 Å². The molecule has 0 aromatic rings. The molecule has 0 spiro atoms. The highest BCUT2D eigenvalue weighted by atomic mass is 31.2. The molecule has 3 unspecified atom stereocenters. The zero-order valence-electron chi connectivity index (χ0n) is 41.7. The number of carbonyl (C=O) groups excluding carboxylic acids is 1. The van der Waals surface area contributed by atoms with Gasteiger partial charge in [0, 0.05) is 6.42 Å². The summed E-state index contributed by atoms with van der Waals surface area (Å²) in [6.07, 6.45) is 64.9. The Labute approximate surface area is 394 Å². The van der Waals surface area contributed by atoms with Crippen molar-refractivity contribution in [2.45, 2.75) is 206 Å². The average molecular weight is 914 g/mol. The van der Waals surface area contributed by atoms with Crippen molar-refractivity contribution in [2.75, 3.05) is 40.9 Å². The summed E-state index contributed by atoms with van der Waals surface area (Å²) >= 11 is 0. The lowest BCUT2D eigenvalue weighted by molar-refractivity contribution is -0.870. The van der Waals surface area contributed by atoms with Gasteiger partial charge < -0.3 is 19.8 Å². The number of phosphoric ester groups is 1. The van der Waals surface area contributed by atoms with Crippen molar-refractivity contribution in [2.24, 2.45) is 0 Å². The van der Waals surface area contributed by atoms with Crippen molar-refractivity contribution in [3.8, 4) is 0 Å². The number of amides is 1. The number of rotatable bonds is 45. The van der Waals surface area contributed by atoms with Crippen molar-refractivity contribution in [3.05, 3.63) is 97.2 Å². The van der Waals surface area contributed by atoms with Gasteiger partial charge in [-0.2, -0.15) is 0 Å². The number of aliphatic hydroxyl groups is 1. The van der Waals surface area contributed by atoms with Crippen LogP contribution in [0.15, 0.2) is 97.2 Å². The lowest BCUT2D eigenvalue weighted by Crippen LogP contribution is -2.45. The molecular weight excluding hydrogens is 816 g/mol. The molecule has 0 fully saturated rings. The lowest BCUT2D eigenvalue weighted by Gasteiger charge is -2.25. The SMILES string of the molecule is CC/C=C\C/C=C\C/C=C\C/C=C\C/C=C\C/C=C\CCCCCCCCCCC(=O)NC(COP(=O)(O)OCC[N+](C)(C)C)C(O)/C=C/CC/C=C/CCCCCCCCCCC. The fourth-order valence-corrected chi connectivity index (χ4v) is 7.50. The van der Waals surface area contributed by atoms with E-state index in [1.807, 2.05) is 27.2 Å². The van der Waals surface area contributed by atoms with E-state index in [-0.39, 0.29) is 19.1 Å². The van der Waals surface area contributed by atoms with Crippen LogP contribution in [0.3, 0.4) is 0 Å². The number of quaternary nitrogens is 1. The Balaban J connectivity index is 4.33. The summed E-state index contributed by atoms with van der Waals surface area (Å²) in [5.41, 5.74) is 0. The minimum absolute atomic E-state index is 0.0493. The van der Waals surface area contributed by atoms with Crippen LogP contribution in [0.5, 0.6) is 0 Å². The minimum atomic E-state index is -4.36. The highest BCUT2D eigenvalue weighted by molar-refractivity contribution is 7.47. The van der Waals surface area contributed by atoms with Crippen LogP contribution in [0.25, 0.3) is 0 Å². The van der Waals surface area contributed by atoms with Crippen LogP contribution in [0, 0.1) is 0 Å². The number of unbranched alkanes of at least 4 members (excludes halogenated alkanes) is 18. The van der Waals surface area contributed by atoms with Gasteiger partial charge in [-0.15, -0.1) is 0 Å². The van der Waals surface area contributed by atoms with E-state index in [0.29, 0.717) is 17.4 Å². The van der Waals surface area contributed by atoms with E-state index >= 15 is 0 Å². The predicted molar refractivity (Wildman–Crippen MR) is 276 cm³/mol. The van der Waals surface area contributed by atoms with Crippen molar-refractivity contribution < 1.29 is 32.9 Å². The molecule has 64 heavy (non-hydrogen) atoms. The Kier molecular flexibility index (Phi) is 43.7. The third-order valence-electron chi connectivity index (χ3n) is 10.8. The summed E-state index contributed by atoms with van der Waals surface area (Å²) in [5, 5.41) is 13.8. The third-order valence-corrected chi connectivity index (χ3v) is 11.8. The molecule has 368 valence electrons.